The van der Waals surface area contributed by atoms with Gasteiger partial charge in [-0.15, -0.1) is 6.58 Å². The summed E-state index contributed by atoms with van der Waals surface area (Å²) in [4.78, 5) is 0. The monoisotopic (exact) mass is 191 g/mol. The fourth-order valence-corrected chi connectivity index (χ4v) is 2.15. The minimum absolute atomic E-state index is 0.112. The Balaban J connectivity index is 2.19. The van der Waals surface area contributed by atoms with Gasteiger partial charge in [0.05, 0.1) is 12.7 Å². The van der Waals surface area contributed by atoms with Crippen LogP contribution in [0.25, 0.3) is 0 Å². The molecule has 1 aliphatic rings. The summed E-state index contributed by atoms with van der Waals surface area (Å²) in [6.45, 7) is 4.45. The minimum Gasteiger partial charge on any atom is -0.321 e. The normalized spacial score (nSPS) is 19.8. The maximum Gasteiger partial charge on any atom is 0.0587 e. The van der Waals surface area contributed by atoms with E-state index in [0.29, 0.717) is 0 Å². The molecule has 0 radical (unpaired) electrons. The molecule has 0 spiro atoms. The lowest BCUT2D eigenvalue weighted by atomic mass is 9.92. The molecule has 0 atom stereocenters. The highest BCUT2D eigenvalue weighted by Gasteiger charge is 2.32. The first kappa shape index (κ1) is 9.46. The second-order valence-electron chi connectivity index (χ2n) is 4.10. The lowest BCUT2D eigenvalue weighted by Crippen LogP contribution is -2.32. The summed E-state index contributed by atoms with van der Waals surface area (Å²) in [5, 5.41) is 4.26. The second-order valence-corrected chi connectivity index (χ2v) is 4.10. The number of nitrogens with zero attached hydrogens (tertiary/aromatic N) is 2. The molecule has 76 valence electrons. The van der Waals surface area contributed by atoms with E-state index in [4.69, 9.17) is 5.73 Å². The fraction of sp³-hybridized carbons (Fsp3) is 0.545. The maximum atomic E-state index is 6.31. The summed E-state index contributed by atoms with van der Waals surface area (Å²) in [6.07, 6.45) is 10.4. The predicted molar refractivity (Wildman–Crippen MR) is 56.8 cm³/mol. The van der Waals surface area contributed by atoms with E-state index in [1.165, 1.54) is 18.4 Å². The van der Waals surface area contributed by atoms with E-state index in [1.807, 2.05) is 23.2 Å². The van der Waals surface area contributed by atoms with Crippen LogP contribution in [0, 0.1) is 0 Å². The van der Waals surface area contributed by atoms with Gasteiger partial charge < -0.3 is 5.73 Å². The van der Waals surface area contributed by atoms with Crippen molar-refractivity contribution >= 4 is 0 Å². The Labute approximate surface area is 84.6 Å². The molecule has 2 rings (SSSR count). The summed E-state index contributed by atoms with van der Waals surface area (Å²) in [5.74, 6) is 0. The van der Waals surface area contributed by atoms with Crippen LogP contribution in [-0.4, -0.2) is 9.78 Å². The molecule has 1 aromatic rings. The molecule has 1 aliphatic carbocycles. The van der Waals surface area contributed by atoms with E-state index in [1.54, 1.807) is 0 Å². The Bertz CT molecular complexity index is 321. The number of nitrogens with two attached hydrogens (primary N) is 1. The Kier molecular flexibility index (Phi) is 2.42. The number of allylic oxidation sites excluding steroid dienone is 1. The van der Waals surface area contributed by atoms with Crippen molar-refractivity contribution in [1.82, 2.24) is 9.78 Å². The zero-order chi connectivity index (χ0) is 10.0. The van der Waals surface area contributed by atoms with Gasteiger partial charge in [0.1, 0.15) is 0 Å². The highest BCUT2D eigenvalue weighted by atomic mass is 15.3. The molecule has 1 fully saturated rings. The lowest BCUT2D eigenvalue weighted by molar-refractivity contribution is 0.461. The third-order valence-electron chi connectivity index (χ3n) is 3.02. The van der Waals surface area contributed by atoms with E-state index in [9.17, 15) is 0 Å². The number of rotatable bonds is 3. The molecule has 14 heavy (non-hydrogen) atoms. The van der Waals surface area contributed by atoms with Crippen molar-refractivity contribution in [1.29, 1.82) is 0 Å². The number of hydrogen-bond acceptors (Lipinski definition) is 2. The smallest absolute Gasteiger partial charge is 0.0587 e. The Morgan fingerprint density at radius 1 is 1.57 bits per heavy atom. The first-order valence-electron chi connectivity index (χ1n) is 5.17. The third kappa shape index (κ3) is 1.60. The van der Waals surface area contributed by atoms with Gasteiger partial charge in [-0.2, -0.15) is 5.10 Å². The van der Waals surface area contributed by atoms with Gasteiger partial charge in [-0.05, 0) is 12.8 Å². The van der Waals surface area contributed by atoms with Crippen LogP contribution >= 0.6 is 0 Å². The van der Waals surface area contributed by atoms with Crippen LogP contribution in [0.5, 0.6) is 0 Å². The van der Waals surface area contributed by atoms with E-state index in [0.717, 1.165) is 19.4 Å². The molecule has 0 saturated heterocycles. The highest BCUT2D eigenvalue weighted by molar-refractivity contribution is 5.19. The molecule has 0 aromatic carbocycles. The molecule has 3 nitrogen and oxygen atoms in total. The van der Waals surface area contributed by atoms with Crippen LogP contribution in [0.1, 0.15) is 31.2 Å². The summed E-state index contributed by atoms with van der Waals surface area (Å²) in [7, 11) is 0. The molecule has 1 heterocycles. The Morgan fingerprint density at radius 3 is 2.93 bits per heavy atom. The average Bonchev–Trinajstić information content (AvgIpc) is 2.75. The largest absolute Gasteiger partial charge is 0.321 e. The van der Waals surface area contributed by atoms with E-state index in [2.05, 4.69) is 11.7 Å². The maximum absolute atomic E-state index is 6.31. The van der Waals surface area contributed by atoms with Crippen molar-refractivity contribution in [3.63, 3.8) is 0 Å². The van der Waals surface area contributed by atoms with Gasteiger partial charge in [0.25, 0.3) is 0 Å². The zero-order valence-electron chi connectivity index (χ0n) is 8.45. The van der Waals surface area contributed by atoms with Crippen molar-refractivity contribution in [2.24, 2.45) is 5.73 Å². The van der Waals surface area contributed by atoms with Crippen LogP contribution in [0.2, 0.25) is 0 Å². The van der Waals surface area contributed by atoms with Gasteiger partial charge >= 0.3 is 0 Å². The van der Waals surface area contributed by atoms with E-state index < -0.39 is 0 Å². The molecule has 0 unspecified atom stereocenters. The topological polar surface area (TPSA) is 43.8 Å². The SMILES string of the molecule is C=CCn1cc(C2(N)CCCC2)cn1. The Morgan fingerprint density at radius 2 is 2.29 bits per heavy atom. The van der Waals surface area contributed by atoms with Gasteiger partial charge in [-0.25, -0.2) is 0 Å². The molecule has 2 N–H and O–H groups in total. The third-order valence-corrected chi connectivity index (χ3v) is 3.02. The number of hydrogen-bond donors (Lipinski definition) is 1. The van der Waals surface area contributed by atoms with E-state index >= 15 is 0 Å². The van der Waals surface area contributed by atoms with Crippen LogP contribution in [0.15, 0.2) is 25.0 Å². The summed E-state index contributed by atoms with van der Waals surface area (Å²) < 4.78 is 1.88. The van der Waals surface area contributed by atoms with Crippen molar-refractivity contribution in [3.8, 4) is 0 Å². The van der Waals surface area contributed by atoms with Gasteiger partial charge in [-0.3, -0.25) is 4.68 Å². The molecule has 0 amide bonds. The van der Waals surface area contributed by atoms with Crippen molar-refractivity contribution < 1.29 is 0 Å². The fourth-order valence-electron chi connectivity index (χ4n) is 2.15. The second kappa shape index (κ2) is 3.58. The average molecular weight is 191 g/mol. The predicted octanol–water partition coefficient (Wildman–Crippen LogP) is 1.80. The first-order chi connectivity index (χ1) is 6.74. The van der Waals surface area contributed by atoms with Crippen molar-refractivity contribution in [2.45, 2.75) is 37.8 Å². The van der Waals surface area contributed by atoms with Crippen LogP contribution < -0.4 is 5.73 Å². The summed E-state index contributed by atoms with van der Waals surface area (Å²) in [5.41, 5.74) is 7.38. The quantitative estimate of drug-likeness (QED) is 0.740. The molecular formula is C11H17N3. The summed E-state index contributed by atoms with van der Waals surface area (Å²) >= 11 is 0. The molecule has 3 heteroatoms. The van der Waals surface area contributed by atoms with Crippen LogP contribution in [0.4, 0.5) is 0 Å². The summed E-state index contributed by atoms with van der Waals surface area (Å²) in [6, 6.07) is 0. The van der Waals surface area contributed by atoms with Crippen molar-refractivity contribution in [2.75, 3.05) is 0 Å². The van der Waals surface area contributed by atoms with E-state index in [-0.39, 0.29) is 5.54 Å². The molecule has 0 bridgehead atoms. The minimum atomic E-state index is -0.112. The van der Waals surface area contributed by atoms with Crippen molar-refractivity contribution in [3.05, 3.63) is 30.6 Å². The van der Waals surface area contributed by atoms with Gasteiger partial charge in [0.2, 0.25) is 0 Å². The van der Waals surface area contributed by atoms with Gasteiger partial charge in [0.15, 0.2) is 0 Å². The van der Waals surface area contributed by atoms with Crippen LogP contribution in [-0.2, 0) is 12.1 Å². The Hall–Kier alpha value is -1.09. The van der Waals surface area contributed by atoms with Crippen LogP contribution in [0.3, 0.4) is 0 Å². The number of aromatic nitrogens is 2. The molecule has 1 saturated carbocycles. The lowest BCUT2D eigenvalue weighted by Gasteiger charge is -2.21. The highest BCUT2D eigenvalue weighted by Crippen LogP contribution is 2.35. The molecular weight excluding hydrogens is 174 g/mol. The zero-order valence-corrected chi connectivity index (χ0v) is 8.45. The molecule has 0 aliphatic heterocycles. The standard InChI is InChI=1S/C11H17N3/c1-2-7-14-9-10(8-13-14)11(12)5-3-4-6-11/h2,8-9H,1,3-7,12H2. The van der Waals surface area contributed by atoms with Gasteiger partial charge in [-0.1, -0.05) is 18.9 Å². The first-order valence-corrected chi connectivity index (χ1v) is 5.17. The molecule has 1 aromatic heterocycles. The van der Waals surface area contributed by atoms with Gasteiger partial charge in [0, 0.05) is 17.3 Å².